The molecular weight excluding hydrogens is 170 g/mol. The monoisotopic (exact) mass is 181 g/mol. The summed E-state index contributed by atoms with van der Waals surface area (Å²) in [5, 5.41) is 10.5. The van der Waals surface area contributed by atoms with Gasteiger partial charge < -0.3 is 4.74 Å². The summed E-state index contributed by atoms with van der Waals surface area (Å²) < 4.78 is 4.92. The Labute approximate surface area is 76.3 Å². The van der Waals surface area contributed by atoms with Crippen LogP contribution in [0.1, 0.15) is 11.1 Å². The average Bonchev–Trinajstić information content (AvgIpc) is 2.08. The lowest BCUT2D eigenvalue weighted by molar-refractivity contribution is -0.385. The summed E-state index contributed by atoms with van der Waals surface area (Å²) in [6, 6.07) is 4.99. The fraction of sp³-hybridized carbons (Fsp3) is 0.333. The van der Waals surface area contributed by atoms with Crippen LogP contribution in [0, 0.1) is 17.0 Å². The lowest BCUT2D eigenvalue weighted by Gasteiger charge is -2.03. The van der Waals surface area contributed by atoms with Crippen LogP contribution in [-0.4, -0.2) is 12.0 Å². The molecule has 0 aliphatic rings. The number of hydrogen-bond acceptors (Lipinski definition) is 3. The summed E-state index contributed by atoms with van der Waals surface area (Å²) in [7, 11) is 1.57. The SMILES string of the molecule is COCc1cccc([N+](=O)[O-])c1C. The Morgan fingerprint density at radius 1 is 1.54 bits per heavy atom. The molecule has 0 aromatic heterocycles. The third-order valence-electron chi connectivity index (χ3n) is 1.91. The molecule has 1 aromatic rings. The minimum absolute atomic E-state index is 0.148. The zero-order valence-electron chi connectivity index (χ0n) is 7.61. The first-order chi connectivity index (χ1) is 6.16. The van der Waals surface area contributed by atoms with Gasteiger partial charge in [0.15, 0.2) is 0 Å². The molecule has 70 valence electrons. The highest BCUT2D eigenvalue weighted by atomic mass is 16.6. The van der Waals surface area contributed by atoms with Gasteiger partial charge in [-0.05, 0) is 12.5 Å². The Morgan fingerprint density at radius 3 is 2.77 bits per heavy atom. The van der Waals surface area contributed by atoms with E-state index < -0.39 is 0 Å². The van der Waals surface area contributed by atoms with Crippen LogP contribution in [0.4, 0.5) is 5.69 Å². The molecule has 0 radical (unpaired) electrons. The molecule has 13 heavy (non-hydrogen) atoms. The van der Waals surface area contributed by atoms with E-state index in [-0.39, 0.29) is 10.6 Å². The van der Waals surface area contributed by atoms with Gasteiger partial charge in [-0.2, -0.15) is 0 Å². The van der Waals surface area contributed by atoms with E-state index in [0.717, 1.165) is 5.56 Å². The van der Waals surface area contributed by atoms with E-state index in [9.17, 15) is 10.1 Å². The second kappa shape index (κ2) is 4.00. The van der Waals surface area contributed by atoms with Crippen molar-refractivity contribution < 1.29 is 9.66 Å². The summed E-state index contributed by atoms with van der Waals surface area (Å²) in [6.45, 7) is 2.14. The van der Waals surface area contributed by atoms with E-state index in [0.29, 0.717) is 12.2 Å². The van der Waals surface area contributed by atoms with E-state index in [1.165, 1.54) is 6.07 Å². The molecule has 0 aliphatic carbocycles. The van der Waals surface area contributed by atoms with Gasteiger partial charge in [-0.3, -0.25) is 10.1 Å². The minimum Gasteiger partial charge on any atom is -0.380 e. The van der Waals surface area contributed by atoms with Crippen LogP contribution in [0.3, 0.4) is 0 Å². The third-order valence-corrected chi connectivity index (χ3v) is 1.91. The number of rotatable bonds is 3. The molecule has 0 fully saturated rings. The first-order valence-electron chi connectivity index (χ1n) is 3.88. The van der Waals surface area contributed by atoms with E-state index in [2.05, 4.69) is 0 Å². The molecule has 0 bridgehead atoms. The summed E-state index contributed by atoms with van der Waals surface area (Å²) in [5.41, 5.74) is 1.68. The van der Waals surface area contributed by atoms with Crippen molar-refractivity contribution in [1.82, 2.24) is 0 Å². The van der Waals surface area contributed by atoms with Crippen LogP contribution in [0.5, 0.6) is 0 Å². The van der Waals surface area contributed by atoms with Crippen molar-refractivity contribution in [3.8, 4) is 0 Å². The molecule has 0 amide bonds. The molecule has 0 atom stereocenters. The Balaban J connectivity index is 3.10. The highest BCUT2D eigenvalue weighted by Gasteiger charge is 2.12. The van der Waals surface area contributed by atoms with Crippen molar-refractivity contribution in [3.05, 3.63) is 39.4 Å². The Kier molecular flexibility index (Phi) is 2.97. The van der Waals surface area contributed by atoms with E-state index in [1.807, 2.05) is 6.07 Å². The molecular formula is C9H11NO3. The van der Waals surface area contributed by atoms with Gasteiger partial charge in [0, 0.05) is 18.7 Å². The highest BCUT2D eigenvalue weighted by molar-refractivity contribution is 5.44. The maximum Gasteiger partial charge on any atom is 0.272 e. The van der Waals surface area contributed by atoms with Gasteiger partial charge in [-0.15, -0.1) is 0 Å². The van der Waals surface area contributed by atoms with Crippen molar-refractivity contribution in [2.45, 2.75) is 13.5 Å². The molecule has 0 aliphatic heterocycles. The third kappa shape index (κ3) is 2.03. The van der Waals surface area contributed by atoms with Crippen molar-refractivity contribution in [2.24, 2.45) is 0 Å². The number of ether oxygens (including phenoxy) is 1. The summed E-state index contributed by atoms with van der Waals surface area (Å²) in [6.07, 6.45) is 0. The van der Waals surface area contributed by atoms with Gasteiger partial charge in [0.05, 0.1) is 11.5 Å². The number of nitro benzene ring substituents is 1. The second-order valence-electron chi connectivity index (χ2n) is 2.75. The maximum absolute atomic E-state index is 10.5. The molecule has 0 saturated heterocycles. The predicted octanol–water partition coefficient (Wildman–Crippen LogP) is 2.05. The van der Waals surface area contributed by atoms with Gasteiger partial charge in [-0.1, -0.05) is 12.1 Å². The lowest BCUT2D eigenvalue weighted by Crippen LogP contribution is -1.97. The van der Waals surface area contributed by atoms with E-state index in [1.54, 1.807) is 20.1 Å². The van der Waals surface area contributed by atoms with Crippen molar-refractivity contribution in [3.63, 3.8) is 0 Å². The summed E-state index contributed by atoms with van der Waals surface area (Å²) in [4.78, 5) is 10.2. The van der Waals surface area contributed by atoms with Crippen LogP contribution in [-0.2, 0) is 11.3 Å². The van der Waals surface area contributed by atoms with Gasteiger partial charge in [0.2, 0.25) is 0 Å². The largest absolute Gasteiger partial charge is 0.380 e. The van der Waals surface area contributed by atoms with Gasteiger partial charge in [0.25, 0.3) is 5.69 Å². The quantitative estimate of drug-likeness (QED) is 0.529. The molecule has 0 heterocycles. The van der Waals surface area contributed by atoms with Gasteiger partial charge in [-0.25, -0.2) is 0 Å². The molecule has 0 saturated carbocycles. The van der Waals surface area contributed by atoms with E-state index >= 15 is 0 Å². The molecule has 0 unspecified atom stereocenters. The van der Waals surface area contributed by atoms with Crippen LogP contribution >= 0.6 is 0 Å². The standard InChI is InChI=1S/C9H11NO3/c1-7-8(6-13-2)4-3-5-9(7)10(11)12/h3-5H,6H2,1-2H3. The Morgan fingerprint density at radius 2 is 2.23 bits per heavy atom. The number of methoxy groups -OCH3 is 1. The average molecular weight is 181 g/mol. The second-order valence-corrected chi connectivity index (χ2v) is 2.75. The normalized spacial score (nSPS) is 10.0. The highest BCUT2D eigenvalue weighted by Crippen LogP contribution is 2.21. The van der Waals surface area contributed by atoms with Crippen LogP contribution in [0.2, 0.25) is 0 Å². The molecule has 0 spiro atoms. The number of benzene rings is 1. The molecule has 4 heteroatoms. The summed E-state index contributed by atoms with van der Waals surface area (Å²) >= 11 is 0. The molecule has 4 nitrogen and oxygen atoms in total. The number of nitrogens with zero attached hydrogens (tertiary/aromatic N) is 1. The van der Waals surface area contributed by atoms with Crippen molar-refractivity contribution in [2.75, 3.05) is 7.11 Å². The zero-order chi connectivity index (χ0) is 9.84. The molecule has 1 aromatic carbocycles. The van der Waals surface area contributed by atoms with Crippen molar-refractivity contribution in [1.29, 1.82) is 0 Å². The number of nitro groups is 1. The van der Waals surface area contributed by atoms with Crippen LogP contribution in [0.15, 0.2) is 18.2 Å². The predicted molar refractivity (Wildman–Crippen MR) is 48.5 cm³/mol. The van der Waals surface area contributed by atoms with Crippen molar-refractivity contribution >= 4 is 5.69 Å². The fourth-order valence-electron chi connectivity index (χ4n) is 1.18. The van der Waals surface area contributed by atoms with Crippen LogP contribution < -0.4 is 0 Å². The fourth-order valence-corrected chi connectivity index (χ4v) is 1.18. The molecule has 0 N–H and O–H groups in total. The Bertz CT molecular complexity index is 323. The number of hydrogen-bond donors (Lipinski definition) is 0. The van der Waals surface area contributed by atoms with Crippen LogP contribution in [0.25, 0.3) is 0 Å². The van der Waals surface area contributed by atoms with Gasteiger partial charge in [0.1, 0.15) is 0 Å². The maximum atomic E-state index is 10.5. The summed E-state index contributed by atoms with van der Waals surface area (Å²) in [5.74, 6) is 0. The zero-order valence-corrected chi connectivity index (χ0v) is 7.61. The molecule has 1 rings (SSSR count). The first-order valence-corrected chi connectivity index (χ1v) is 3.88. The lowest BCUT2D eigenvalue weighted by atomic mass is 10.1. The topological polar surface area (TPSA) is 52.4 Å². The smallest absolute Gasteiger partial charge is 0.272 e. The Hall–Kier alpha value is -1.42. The van der Waals surface area contributed by atoms with Gasteiger partial charge >= 0.3 is 0 Å². The first kappa shape index (κ1) is 9.67. The van der Waals surface area contributed by atoms with E-state index in [4.69, 9.17) is 4.74 Å². The minimum atomic E-state index is -0.380.